The molecule has 7 rings (SSSR count). The number of aryl methyl sites for hydroxylation is 1. The molecular formula is C35H33Cl2N7O2. The Hall–Kier alpha value is -4.23. The van der Waals surface area contributed by atoms with E-state index in [-0.39, 0.29) is 11.8 Å². The molecule has 2 saturated carbocycles. The van der Waals surface area contributed by atoms with Crippen molar-refractivity contribution in [3.05, 3.63) is 105 Å². The van der Waals surface area contributed by atoms with E-state index in [4.69, 9.17) is 28.2 Å². The van der Waals surface area contributed by atoms with E-state index < -0.39 is 16.6 Å². The number of fused-ring (bicyclic) bond motifs is 1. The zero-order valence-electron chi connectivity index (χ0n) is 25.6. The van der Waals surface area contributed by atoms with Gasteiger partial charge in [0.2, 0.25) is 11.9 Å². The summed E-state index contributed by atoms with van der Waals surface area (Å²) in [6, 6.07) is 18.5. The van der Waals surface area contributed by atoms with Crippen LogP contribution in [-0.2, 0) is 40.1 Å². The fourth-order valence-electron chi connectivity index (χ4n) is 6.47. The molecule has 46 heavy (non-hydrogen) atoms. The summed E-state index contributed by atoms with van der Waals surface area (Å²) in [4.78, 5) is 39.0. The summed E-state index contributed by atoms with van der Waals surface area (Å²) in [6.07, 6.45) is 8.08. The highest BCUT2D eigenvalue weighted by Crippen LogP contribution is 2.47. The third-order valence-electron chi connectivity index (χ3n) is 9.53. The number of anilines is 2. The lowest BCUT2D eigenvalue weighted by Gasteiger charge is -2.28. The largest absolute Gasteiger partial charge is 0.343 e. The molecule has 2 aromatic carbocycles. The van der Waals surface area contributed by atoms with Crippen molar-refractivity contribution in [3.8, 4) is 6.07 Å². The lowest BCUT2D eigenvalue weighted by atomic mass is 9.91. The minimum absolute atomic E-state index is 0.0286. The maximum atomic E-state index is 14.3. The van der Waals surface area contributed by atoms with E-state index >= 15 is 0 Å². The normalized spacial score (nSPS) is 20.2. The third kappa shape index (κ3) is 5.24. The van der Waals surface area contributed by atoms with Crippen LogP contribution in [0.5, 0.6) is 0 Å². The van der Waals surface area contributed by atoms with Gasteiger partial charge in [-0.15, -0.1) is 0 Å². The van der Waals surface area contributed by atoms with Crippen molar-refractivity contribution in [2.75, 3.05) is 4.90 Å². The number of imidazole rings is 1. The molecule has 3 heterocycles. The van der Waals surface area contributed by atoms with Crippen molar-refractivity contribution in [1.29, 1.82) is 5.26 Å². The van der Waals surface area contributed by atoms with Crippen LogP contribution < -0.4 is 15.5 Å². The van der Waals surface area contributed by atoms with Crippen LogP contribution in [0.15, 0.2) is 67.0 Å². The van der Waals surface area contributed by atoms with E-state index in [1.807, 2.05) is 35.9 Å². The van der Waals surface area contributed by atoms with Gasteiger partial charge in [-0.05, 0) is 86.6 Å². The standard InChI is InChI=1S/C35H33Cl2N7O2/c1-3-22-8-9-29(39-19-22)34(10-11-34)42-30(45)35(12-13-35)41-21-28-20-40-32-43(27-15-25(36)14-26(37)16-27)31(46)33(2,44(28)32)17-23-4-6-24(18-38)7-5-23/h4-9,14-16,19-20,41H,3,10-13,17,21H2,1-2H3,(H,42,45). The first kappa shape index (κ1) is 30.4. The number of hydrogen-bond acceptors (Lipinski definition) is 6. The fourth-order valence-corrected chi connectivity index (χ4v) is 6.98. The van der Waals surface area contributed by atoms with Gasteiger partial charge < -0.3 is 5.32 Å². The van der Waals surface area contributed by atoms with Crippen LogP contribution in [0.4, 0.5) is 11.6 Å². The summed E-state index contributed by atoms with van der Waals surface area (Å²) in [7, 11) is 0. The number of carbonyl (C=O) groups excluding carboxylic acids is 2. The first-order valence-corrected chi connectivity index (χ1v) is 16.3. The van der Waals surface area contributed by atoms with Crippen molar-refractivity contribution in [2.24, 2.45) is 0 Å². The average Bonchev–Trinajstić information content (AvgIpc) is 3.96. The average molecular weight is 655 g/mol. The minimum atomic E-state index is -1.06. The number of nitrogens with one attached hydrogen (secondary N) is 2. The highest BCUT2D eigenvalue weighted by Gasteiger charge is 2.56. The molecule has 11 heteroatoms. The van der Waals surface area contributed by atoms with Gasteiger partial charge in [0.1, 0.15) is 5.54 Å². The molecule has 2 amide bonds. The van der Waals surface area contributed by atoms with Crippen LogP contribution in [0.2, 0.25) is 10.0 Å². The van der Waals surface area contributed by atoms with E-state index in [1.165, 1.54) is 5.56 Å². The maximum absolute atomic E-state index is 14.3. The van der Waals surface area contributed by atoms with Gasteiger partial charge in [0, 0.05) is 29.2 Å². The van der Waals surface area contributed by atoms with E-state index in [2.05, 4.69) is 34.7 Å². The molecule has 9 nitrogen and oxygen atoms in total. The van der Waals surface area contributed by atoms with Crippen molar-refractivity contribution in [2.45, 2.75) is 75.5 Å². The molecule has 4 aromatic rings. The summed E-state index contributed by atoms with van der Waals surface area (Å²) < 4.78 is 1.95. The molecule has 1 aliphatic heterocycles. The monoisotopic (exact) mass is 653 g/mol. The van der Waals surface area contributed by atoms with Gasteiger partial charge in [0.15, 0.2) is 0 Å². The van der Waals surface area contributed by atoms with E-state index in [1.54, 1.807) is 41.4 Å². The number of hydrogen-bond donors (Lipinski definition) is 2. The van der Waals surface area contributed by atoms with Crippen molar-refractivity contribution < 1.29 is 9.59 Å². The smallest absolute Gasteiger partial charge is 0.260 e. The second-order valence-electron chi connectivity index (χ2n) is 12.8. The topological polar surface area (TPSA) is 116 Å². The minimum Gasteiger partial charge on any atom is -0.343 e. The van der Waals surface area contributed by atoms with Gasteiger partial charge in [-0.2, -0.15) is 5.26 Å². The lowest BCUT2D eigenvalue weighted by molar-refractivity contribution is -0.125. The summed E-state index contributed by atoms with van der Waals surface area (Å²) >= 11 is 12.7. The number of carbonyl (C=O) groups is 2. The SMILES string of the molecule is CCc1ccc(C2(NC(=O)C3(NCc4cnc5n4C(C)(Cc4ccc(C#N)cc4)C(=O)N5c4cc(Cl)cc(Cl)c4)CC3)CC2)nc1. The molecule has 1 unspecified atom stereocenters. The summed E-state index contributed by atoms with van der Waals surface area (Å²) in [5, 5.41) is 16.9. The number of rotatable bonds is 10. The molecule has 0 spiro atoms. The summed E-state index contributed by atoms with van der Waals surface area (Å²) in [5.41, 5.74) is 2.63. The Morgan fingerprint density at radius 2 is 1.67 bits per heavy atom. The van der Waals surface area contributed by atoms with Gasteiger partial charge in [0.05, 0.1) is 46.0 Å². The molecule has 2 aromatic heterocycles. The summed E-state index contributed by atoms with van der Waals surface area (Å²) in [5.74, 6) is 0.235. The first-order valence-electron chi connectivity index (χ1n) is 15.5. The molecule has 2 fully saturated rings. The molecule has 0 saturated heterocycles. The Labute approximate surface area is 277 Å². The zero-order valence-corrected chi connectivity index (χ0v) is 27.1. The van der Waals surface area contributed by atoms with E-state index in [0.717, 1.165) is 36.2 Å². The third-order valence-corrected chi connectivity index (χ3v) is 9.97. The number of nitriles is 1. The molecule has 234 valence electrons. The predicted molar refractivity (Wildman–Crippen MR) is 176 cm³/mol. The lowest BCUT2D eigenvalue weighted by Crippen LogP contribution is -2.50. The van der Waals surface area contributed by atoms with Gasteiger partial charge in [0.25, 0.3) is 5.91 Å². The number of benzene rings is 2. The number of nitrogens with zero attached hydrogens (tertiary/aromatic N) is 5. The highest BCUT2D eigenvalue weighted by atomic mass is 35.5. The van der Waals surface area contributed by atoms with Crippen LogP contribution in [0, 0.1) is 11.3 Å². The molecule has 0 bridgehead atoms. The molecule has 3 aliphatic rings. The molecule has 2 N–H and O–H groups in total. The Morgan fingerprint density at radius 3 is 2.26 bits per heavy atom. The number of amides is 2. The Balaban J connectivity index is 1.17. The Kier molecular flexibility index (Phi) is 7.43. The van der Waals surface area contributed by atoms with Gasteiger partial charge in [-0.3, -0.25) is 24.5 Å². The number of halogens is 2. The van der Waals surface area contributed by atoms with Crippen molar-refractivity contribution in [3.63, 3.8) is 0 Å². The van der Waals surface area contributed by atoms with Gasteiger partial charge >= 0.3 is 0 Å². The van der Waals surface area contributed by atoms with Crippen LogP contribution in [0.3, 0.4) is 0 Å². The van der Waals surface area contributed by atoms with Gasteiger partial charge in [-0.1, -0.05) is 48.3 Å². The molecule has 2 aliphatic carbocycles. The first-order chi connectivity index (χ1) is 22.1. The van der Waals surface area contributed by atoms with Crippen LogP contribution >= 0.6 is 23.2 Å². The highest BCUT2D eigenvalue weighted by molar-refractivity contribution is 6.35. The molecule has 0 radical (unpaired) electrons. The second-order valence-corrected chi connectivity index (χ2v) is 13.7. The van der Waals surface area contributed by atoms with Crippen molar-refractivity contribution in [1.82, 2.24) is 25.2 Å². The van der Waals surface area contributed by atoms with E-state index in [0.29, 0.717) is 53.1 Å². The van der Waals surface area contributed by atoms with Crippen LogP contribution in [0.25, 0.3) is 0 Å². The van der Waals surface area contributed by atoms with Crippen molar-refractivity contribution >= 4 is 46.7 Å². The maximum Gasteiger partial charge on any atom is 0.260 e. The van der Waals surface area contributed by atoms with Crippen LogP contribution in [-0.4, -0.2) is 31.9 Å². The molecule has 1 atom stereocenters. The van der Waals surface area contributed by atoms with Crippen LogP contribution in [0.1, 0.15) is 67.6 Å². The Morgan fingerprint density at radius 1 is 0.978 bits per heavy atom. The number of aromatic nitrogens is 3. The fraction of sp³-hybridized carbons (Fsp3) is 0.343. The summed E-state index contributed by atoms with van der Waals surface area (Å²) in [6.45, 7) is 4.32. The van der Waals surface area contributed by atoms with Gasteiger partial charge in [-0.25, -0.2) is 9.88 Å². The van der Waals surface area contributed by atoms with E-state index in [9.17, 15) is 14.9 Å². The quantitative estimate of drug-likeness (QED) is 0.214. The Bertz CT molecular complexity index is 1870. The zero-order chi connectivity index (χ0) is 32.3. The molecular weight excluding hydrogens is 621 g/mol. The second kappa shape index (κ2) is 11.2. The predicted octanol–water partition coefficient (Wildman–Crippen LogP) is 6.08. The number of pyridine rings is 1.